The summed E-state index contributed by atoms with van der Waals surface area (Å²) in [4.78, 5) is 24.3. The van der Waals surface area contributed by atoms with E-state index in [0.717, 1.165) is 131 Å². The van der Waals surface area contributed by atoms with Gasteiger partial charge in [0.15, 0.2) is 0 Å². The molecule has 0 aromatic rings. The number of likely N-dealkylation sites (N-methyl/N-ethyl adjacent to an activating group) is 1. The summed E-state index contributed by atoms with van der Waals surface area (Å²) in [5, 5.41) is 28.3. The van der Waals surface area contributed by atoms with Crippen LogP contribution in [0.2, 0.25) is 0 Å². The Bertz CT molecular complexity index is 1970. The van der Waals surface area contributed by atoms with E-state index in [1.807, 2.05) is 13.8 Å². The van der Waals surface area contributed by atoms with Crippen LogP contribution in [0.4, 0.5) is 0 Å². The molecule has 0 aliphatic carbocycles. The van der Waals surface area contributed by atoms with E-state index in [2.05, 4.69) is 257 Å². The number of fused-ring (bicyclic) bond motifs is 2. The molecular formula is C76H160N10O7. The molecule has 10 aliphatic heterocycles. The van der Waals surface area contributed by atoms with Gasteiger partial charge in [0, 0.05) is 167 Å². The molecule has 10 saturated heterocycles. The normalized spacial score (nSPS) is 28.7. The number of β-amino-alcohol motifs (C(OH)–C–C–N with tert-alkyl or cyclic N) is 3. The summed E-state index contributed by atoms with van der Waals surface area (Å²) in [5.41, 5.74) is 1.84. The molecule has 17 heteroatoms. The second kappa shape index (κ2) is 36.8. The predicted molar refractivity (Wildman–Crippen MR) is 395 cm³/mol. The number of rotatable bonds is 0. The van der Waals surface area contributed by atoms with Gasteiger partial charge in [0.2, 0.25) is 0 Å². The summed E-state index contributed by atoms with van der Waals surface area (Å²) in [5.74, 6) is 0. The number of aliphatic hydroxyl groups excluding tert-OH is 1. The molecule has 0 aromatic heterocycles. The van der Waals surface area contributed by atoms with E-state index in [9.17, 15) is 15.3 Å². The minimum Gasteiger partial charge on any atom is -0.392 e. The molecule has 0 radical (unpaired) electrons. The monoisotopic (exact) mass is 1330 g/mol. The molecule has 10 rings (SSSR count). The molecule has 10 aliphatic rings. The van der Waals surface area contributed by atoms with Gasteiger partial charge in [-0.2, -0.15) is 0 Å². The number of hydrogen-bond donors (Lipinski definition) is 3. The van der Waals surface area contributed by atoms with Gasteiger partial charge in [-0.15, -0.1) is 0 Å². The van der Waals surface area contributed by atoms with Gasteiger partial charge in [0.05, 0.1) is 69.2 Å². The molecule has 10 fully saturated rings. The van der Waals surface area contributed by atoms with E-state index in [1.54, 1.807) is 0 Å². The lowest BCUT2D eigenvalue weighted by molar-refractivity contribution is -0.119. The summed E-state index contributed by atoms with van der Waals surface area (Å²) in [6.07, 6.45) is 5.37. The summed E-state index contributed by atoms with van der Waals surface area (Å²) in [7, 11) is 2.19. The number of ether oxygens (including phenoxy) is 4. The van der Waals surface area contributed by atoms with Crippen LogP contribution in [0.25, 0.3) is 0 Å². The maximum absolute atomic E-state index is 9.69. The fraction of sp³-hybridized carbons (Fsp3) is 1.00. The zero-order chi connectivity index (χ0) is 71.8. The third kappa shape index (κ3) is 34.5. The van der Waals surface area contributed by atoms with Crippen LogP contribution >= 0.6 is 0 Å². The van der Waals surface area contributed by atoms with Gasteiger partial charge in [-0.1, -0.05) is 0 Å². The Morgan fingerprint density at radius 2 is 0.796 bits per heavy atom. The number of nitrogens with zero attached hydrogens (tertiary/aromatic N) is 10. The number of morpholine rings is 4. The van der Waals surface area contributed by atoms with E-state index in [0.29, 0.717) is 57.5 Å². The number of hydrogen-bond acceptors (Lipinski definition) is 17. The topological polar surface area (TPSA) is 130 Å². The average molecular weight is 1330 g/mol. The van der Waals surface area contributed by atoms with Crippen molar-refractivity contribution >= 4 is 0 Å². The van der Waals surface area contributed by atoms with Crippen molar-refractivity contribution in [3.8, 4) is 0 Å². The highest BCUT2D eigenvalue weighted by Crippen LogP contribution is 2.34. The molecular weight excluding hydrogens is 1160 g/mol. The molecule has 17 nitrogen and oxygen atoms in total. The smallest absolute Gasteiger partial charge is 0.0872 e. The second-order valence-electron chi connectivity index (χ2n) is 38.4. The lowest BCUT2D eigenvalue weighted by Crippen LogP contribution is -2.65. The van der Waals surface area contributed by atoms with E-state index >= 15 is 0 Å². The van der Waals surface area contributed by atoms with E-state index < -0.39 is 11.2 Å². The van der Waals surface area contributed by atoms with Crippen molar-refractivity contribution in [2.24, 2.45) is 0 Å². The van der Waals surface area contributed by atoms with Gasteiger partial charge < -0.3 is 39.2 Å². The lowest BCUT2D eigenvalue weighted by atomic mass is 9.90. The SMILES string of the molecule is CC(C)(C)N1CC2CC1CO2.CC(C)(C)N1CCC(O)C1.CC(C)(C)N1CCC1.CC(C)(C)N1CCOCC1.CC1(O)CCN(C(C)(C)C)C1.CC1(O)CN(C(C)(C)C)C1.CC1CN(C(C)(C)C)CCO1.CC1COCCN1C(C)(C)C.CN1CCN(C(C)(C)C)CC1. The lowest BCUT2D eigenvalue weighted by Gasteiger charge is -2.51. The standard InChI is InChI=1S/C9H20N2.C9H17NO.3C9H19NO.3C8H17NO.C7H15N/c1-9(2,3)11-7-5-10(4)6-8-11;1-9(2,3)10-5-8-4-7(10)6-11-8;1-8-7-11-6-5-10(8)9(2,3)4;1-8-7-10(5-6-11-8)9(2,3)4;1-8(2,3)10-6-5-9(4,11)7-10;1-7(2,3)9-5-8(4,10)6-9;1-8(2,3)9-4-6-10-7-5-9;1-8(2,3)9-5-4-7(10)6-9;1-7(2,3)8-5-4-6-8/h5-8H2,1-4H3;7-8H,4-6H2,1-3H3;2*8H,5-7H2,1-4H3;11H,5-7H2,1-4H3;10H,5-6H2,1-4H3;4-7H2,1-3H3;7,10H,4-6H2,1-3H3;4-6H2,1-3H3. The maximum atomic E-state index is 9.69. The molecule has 556 valence electrons. The second-order valence-corrected chi connectivity index (χ2v) is 38.4. The first kappa shape index (κ1) is 88.4. The highest BCUT2D eigenvalue weighted by atomic mass is 16.5. The van der Waals surface area contributed by atoms with Crippen LogP contribution in [0.15, 0.2) is 0 Å². The van der Waals surface area contributed by atoms with Crippen LogP contribution in [0.3, 0.4) is 0 Å². The summed E-state index contributed by atoms with van der Waals surface area (Å²) < 4.78 is 21.6. The largest absolute Gasteiger partial charge is 0.392 e. The Kier molecular flexibility index (Phi) is 35.0. The summed E-state index contributed by atoms with van der Waals surface area (Å²) >= 11 is 0. The average Bonchev–Trinajstić information content (AvgIpc) is 1.75. The predicted octanol–water partition coefficient (Wildman–Crippen LogP) is 10.9. The zero-order valence-electron chi connectivity index (χ0n) is 67.6. The van der Waals surface area contributed by atoms with Gasteiger partial charge in [-0.3, -0.25) is 44.1 Å². The van der Waals surface area contributed by atoms with Crippen LogP contribution in [0.5, 0.6) is 0 Å². The molecule has 0 aromatic carbocycles. The highest BCUT2D eigenvalue weighted by Gasteiger charge is 2.44. The molecule has 0 saturated carbocycles. The van der Waals surface area contributed by atoms with Crippen molar-refractivity contribution < 1.29 is 34.3 Å². The van der Waals surface area contributed by atoms with Crippen LogP contribution < -0.4 is 0 Å². The fourth-order valence-corrected chi connectivity index (χ4v) is 13.2. The number of aliphatic hydroxyl groups is 3. The molecule has 0 spiro atoms. The van der Waals surface area contributed by atoms with Gasteiger partial charge in [0.25, 0.3) is 0 Å². The first-order chi connectivity index (χ1) is 41.9. The Balaban J connectivity index is 0.000000357. The number of piperazine rings is 1. The van der Waals surface area contributed by atoms with Gasteiger partial charge >= 0.3 is 0 Å². The quantitative estimate of drug-likeness (QED) is 0.212. The van der Waals surface area contributed by atoms with Gasteiger partial charge in [-0.05, 0) is 260 Å². The molecule has 2 bridgehead atoms. The maximum Gasteiger partial charge on any atom is 0.0872 e. The third-order valence-corrected chi connectivity index (χ3v) is 19.9. The van der Waals surface area contributed by atoms with Crippen molar-refractivity contribution in [2.75, 3.05) is 164 Å². The molecule has 6 unspecified atom stereocenters. The van der Waals surface area contributed by atoms with Crippen molar-refractivity contribution in [2.45, 2.75) is 332 Å². The molecule has 0 amide bonds. The highest BCUT2D eigenvalue weighted by molar-refractivity contribution is 4.98. The zero-order valence-corrected chi connectivity index (χ0v) is 67.6. The fourth-order valence-electron chi connectivity index (χ4n) is 13.2. The summed E-state index contributed by atoms with van der Waals surface area (Å²) in [6, 6.07) is 1.28. The Labute approximate surface area is 577 Å². The first-order valence-corrected chi connectivity index (χ1v) is 36.9. The van der Waals surface area contributed by atoms with E-state index in [-0.39, 0.29) is 22.7 Å². The molecule has 93 heavy (non-hydrogen) atoms. The van der Waals surface area contributed by atoms with Gasteiger partial charge in [0.1, 0.15) is 0 Å². The van der Waals surface area contributed by atoms with E-state index in [1.165, 1.54) is 52.1 Å². The Morgan fingerprint density at radius 1 is 0.376 bits per heavy atom. The Hall–Kier alpha value is -0.680. The van der Waals surface area contributed by atoms with Crippen molar-refractivity contribution in [3.63, 3.8) is 0 Å². The van der Waals surface area contributed by atoms with Crippen LogP contribution in [-0.2, 0) is 18.9 Å². The first-order valence-electron chi connectivity index (χ1n) is 36.9. The minimum atomic E-state index is -0.451. The number of likely N-dealkylation sites (tertiary alicyclic amines) is 5. The van der Waals surface area contributed by atoms with Crippen molar-refractivity contribution in [1.82, 2.24) is 49.0 Å². The van der Waals surface area contributed by atoms with Gasteiger partial charge in [-0.25, -0.2) is 0 Å². The molecule has 3 N–H and O–H groups in total. The summed E-state index contributed by atoms with van der Waals surface area (Å²) in [6.45, 7) is 93.5. The van der Waals surface area contributed by atoms with Crippen molar-refractivity contribution in [3.05, 3.63) is 0 Å². The third-order valence-electron chi connectivity index (χ3n) is 19.9. The van der Waals surface area contributed by atoms with Crippen molar-refractivity contribution in [1.29, 1.82) is 0 Å². The van der Waals surface area contributed by atoms with E-state index in [4.69, 9.17) is 18.9 Å². The molecule has 6 atom stereocenters. The van der Waals surface area contributed by atoms with Crippen LogP contribution in [0.1, 0.15) is 240 Å². The molecule has 10 heterocycles. The van der Waals surface area contributed by atoms with Crippen LogP contribution in [0, 0.1) is 0 Å². The minimum absolute atomic E-state index is 0.0841. The Morgan fingerprint density at radius 3 is 1.04 bits per heavy atom. The van der Waals surface area contributed by atoms with Crippen LogP contribution in [-0.4, -0.2) is 320 Å².